The molecule has 0 spiro atoms. The van der Waals surface area contributed by atoms with Crippen LogP contribution < -0.4 is 5.32 Å². The maximum atomic E-state index is 11.6. The minimum atomic E-state index is -0.428. The third-order valence-electron chi connectivity index (χ3n) is 2.61. The average molecular weight is 249 g/mol. The molecule has 1 N–H and O–H groups in total. The molecule has 3 heterocycles. The van der Waals surface area contributed by atoms with Crippen LogP contribution in [0.3, 0.4) is 0 Å². The van der Waals surface area contributed by atoms with Crippen molar-refractivity contribution < 1.29 is 18.4 Å². The topological polar surface area (TPSA) is 90.4 Å². The van der Waals surface area contributed by atoms with Gasteiger partial charge in [-0.15, -0.1) is 5.10 Å². The van der Waals surface area contributed by atoms with E-state index in [-0.39, 0.29) is 17.9 Å². The Bertz CT molecular complexity index is 528. The predicted octanol–water partition coefficient (Wildman–Crippen LogP) is 1.77. The van der Waals surface area contributed by atoms with E-state index in [1.54, 1.807) is 12.1 Å². The molecule has 1 atom stereocenters. The fourth-order valence-electron chi connectivity index (χ4n) is 1.75. The number of nitrogens with zero attached hydrogens (tertiary/aromatic N) is 2. The molecule has 0 saturated carbocycles. The summed E-state index contributed by atoms with van der Waals surface area (Å²) >= 11 is 0. The van der Waals surface area contributed by atoms with Crippen molar-refractivity contribution in [3.63, 3.8) is 0 Å². The molecule has 0 bridgehead atoms. The van der Waals surface area contributed by atoms with Crippen LogP contribution in [-0.4, -0.2) is 22.7 Å². The van der Waals surface area contributed by atoms with E-state index < -0.39 is 5.91 Å². The van der Waals surface area contributed by atoms with Crippen LogP contribution in [0.1, 0.15) is 35.4 Å². The normalized spacial score (nSPS) is 19.0. The van der Waals surface area contributed by atoms with E-state index in [1.165, 1.54) is 6.26 Å². The summed E-state index contributed by atoms with van der Waals surface area (Å²) in [5, 5.41) is 10.0. The van der Waals surface area contributed by atoms with E-state index in [0.29, 0.717) is 12.5 Å². The Morgan fingerprint density at radius 2 is 2.39 bits per heavy atom. The highest BCUT2D eigenvalue weighted by molar-refractivity contribution is 6.00. The number of hydrogen-bond acceptors (Lipinski definition) is 6. The van der Waals surface area contributed by atoms with Gasteiger partial charge in [0.1, 0.15) is 6.10 Å². The number of hydrogen-bond donors (Lipinski definition) is 1. The number of carbonyl (C=O) groups is 1. The summed E-state index contributed by atoms with van der Waals surface area (Å²) in [4.78, 5) is 11.6. The molecule has 1 fully saturated rings. The molecule has 1 aliphatic rings. The monoisotopic (exact) mass is 249 g/mol. The third-order valence-corrected chi connectivity index (χ3v) is 2.61. The summed E-state index contributed by atoms with van der Waals surface area (Å²) in [6.45, 7) is 0.696. The number of rotatable bonds is 3. The van der Waals surface area contributed by atoms with Gasteiger partial charge in [0, 0.05) is 6.61 Å². The van der Waals surface area contributed by atoms with Crippen LogP contribution in [0.5, 0.6) is 0 Å². The Balaban J connectivity index is 1.68. The first-order valence-electron chi connectivity index (χ1n) is 5.63. The van der Waals surface area contributed by atoms with Crippen LogP contribution in [0, 0.1) is 0 Å². The number of amides is 1. The van der Waals surface area contributed by atoms with Crippen LogP contribution in [0.25, 0.3) is 0 Å². The van der Waals surface area contributed by atoms with Gasteiger partial charge in [0.15, 0.2) is 5.76 Å². The number of nitrogens with one attached hydrogen (secondary N) is 1. The van der Waals surface area contributed by atoms with Gasteiger partial charge in [0.2, 0.25) is 5.89 Å². The van der Waals surface area contributed by atoms with Crippen LogP contribution in [-0.2, 0) is 4.74 Å². The predicted molar refractivity (Wildman–Crippen MR) is 58.9 cm³/mol. The standard InChI is InChI=1S/C11H11N3O4/c15-9(7-3-1-5-16-7)12-11-14-13-10(18-11)8-4-2-6-17-8/h1,3,5,8H,2,4,6H2,(H,12,14,15). The molecule has 0 aromatic carbocycles. The van der Waals surface area contributed by atoms with Gasteiger partial charge in [-0.05, 0) is 25.0 Å². The Morgan fingerprint density at radius 1 is 1.44 bits per heavy atom. The molecule has 1 amide bonds. The molecule has 2 aromatic heterocycles. The molecule has 3 rings (SSSR count). The lowest BCUT2D eigenvalue weighted by atomic mass is 10.2. The molecule has 94 valence electrons. The van der Waals surface area contributed by atoms with Crippen LogP contribution in [0.15, 0.2) is 27.2 Å². The minimum Gasteiger partial charge on any atom is -0.459 e. The zero-order valence-corrected chi connectivity index (χ0v) is 9.46. The Labute approximate surface area is 102 Å². The van der Waals surface area contributed by atoms with E-state index in [2.05, 4.69) is 15.5 Å². The third kappa shape index (κ3) is 2.12. The molecule has 0 aliphatic carbocycles. The van der Waals surface area contributed by atoms with Crippen molar-refractivity contribution in [2.75, 3.05) is 11.9 Å². The summed E-state index contributed by atoms with van der Waals surface area (Å²) in [5.74, 6) is 0.150. The van der Waals surface area contributed by atoms with Crippen molar-refractivity contribution >= 4 is 11.9 Å². The molecule has 1 saturated heterocycles. The lowest BCUT2D eigenvalue weighted by Gasteiger charge is -2.01. The van der Waals surface area contributed by atoms with Gasteiger partial charge in [0.05, 0.1) is 6.26 Å². The summed E-state index contributed by atoms with van der Waals surface area (Å²) in [6, 6.07) is 3.22. The molecular formula is C11H11N3O4. The van der Waals surface area contributed by atoms with E-state index in [9.17, 15) is 4.79 Å². The maximum Gasteiger partial charge on any atom is 0.322 e. The zero-order valence-electron chi connectivity index (χ0n) is 9.46. The maximum absolute atomic E-state index is 11.6. The van der Waals surface area contributed by atoms with E-state index in [1.807, 2.05) is 0 Å². The van der Waals surface area contributed by atoms with Crippen LogP contribution in [0.4, 0.5) is 6.01 Å². The number of ether oxygens (including phenoxy) is 1. The fraction of sp³-hybridized carbons (Fsp3) is 0.364. The highest BCUT2D eigenvalue weighted by Gasteiger charge is 2.24. The van der Waals surface area contributed by atoms with E-state index in [0.717, 1.165) is 12.8 Å². The SMILES string of the molecule is O=C(Nc1nnc(C2CCCO2)o1)c1ccco1. The van der Waals surface area contributed by atoms with E-state index in [4.69, 9.17) is 13.6 Å². The van der Waals surface area contributed by atoms with Crippen molar-refractivity contribution in [1.82, 2.24) is 10.2 Å². The zero-order chi connectivity index (χ0) is 12.4. The Morgan fingerprint density at radius 3 is 3.11 bits per heavy atom. The Kier molecular flexibility index (Phi) is 2.81. The highest BCUT2D eigenvalue weighted by Crippen LogP contribution is 2.28. The first-order valence-corrected chi connectivity index (χ1v) is 5.63. The van der Waals surface area contributed by atoms with Gasteiger partial charge in [-0.25, -0.2) is 0 Å². The molecule has 0 radical (unpaired) electrons. The fourth-order valence-corrected chi connectivity index (χ4v) is 1.75. The number of anilines is 1. The molecule has 1 unspecified atom stereocenters. The van der Waals surface area contributed by atoms with Gasteiger partial charge in [-0.3, -0.25) is 10.1 Å². The molecular weight excluding hydrogens is 238 g/mol. The second-order valence-corrected chi connectivity index (χ2v) is 3.88. The molecule has 18 heavy (non-hydrogen) atoms. The van der Waals surface area contributed by atoms with Crippen molar-refractivity contribution in [3.8, 4) is 0 Å². The number of aromatic nitrogens is 2. The lowest BCUT2D eigenvalue weighted by molar-refractivity contribution is 0.0891. The van der Waals surface area contributed by atoms with Crippen LogP contribution >= 0.6 is 0 Å². The van der Waals surface area contributed by atoms with Crippen molar-refractivity contribution in [2.24, 2.45) is 0 Å². The number of furan rings is 1. The molecule has 7 nitrogen and oxygen atoms in total. The Hall–Kier alpha value is -2.15. The number of carbonyl (C=O) groups excluding carboxylic acids is 1. The highest BCUT2D eigenvalue weighted by atomic mass is 16.5. The van der Waals surface area contributed by atoms with Crippen LogP contribution in [0.2, 0.25) is 0 Å². The van der Waals surface area contributed by atoms with Crippen molar-refractivity contribution in [2.45, 2.75) is 18.9 Å². The van der Waals surface area contributed by atoms with Crippen molar-refractivity contribution in [3.05, 3.63) is 30.0 Å². The lowest BCUT2D eigenvalue weighted by Crippen LogP contribution is -2.10. The second-order valence-electron chi connectivity index (χ2n) is 3.88. The first kappa shape index (κ1) is 11.0. The van der Waals surface area contributed by atoms with Gasteiger partial charge in [-0.1, -0.05) is 5.10 Å². The minimum absolute atomic E-state index is 0.0434. The summed E-state index contributed by atoms with van der Waals surface area (Å²) in [5.41, 5.74) is 0. The van der Waals surface area contributed by atoms with Gasteiger partial charge in [-0.2, -0.15) is 0 Å². The summed E-state index contributed by atoms with van der Waals surface area (Å²) in [7, 11) is 0. The average Bonchev–Trinajstić information content (AvgIpc) is 3.12. The van der Waals surface area contributed by atoms with E-state index >= 15 is 0 Å². The molecule has 2 aromatic rings. The summed E-state index contributed by atoms with van der Waals surface area (Å²) in [6.07, 6.45) is 3.09. The quantitative estimate of drug-likeness (QED) is 0.891. The van der Waals surface area contributed by atoms with Gasteiger partial charge >= 0.3 is 6.01 Å². The van der Waals surface area contributed by atoms with Gasteiger partial charge in [0.25, 0.3) is 5.91 Å². The van der Waals surface area contributed by atoms with Crippen molar-refractivity contribution in [1.29, 1.82) is 0 Å². The van der Waals surface area contributed by atoms with Gasteiger partial charge < -0.3 is 13.6 Å². The summed E-state index contributed by atoms with van der Waals surface area (Å²) < 4.78 is 15.7. The molecule has 1 aliphatic heterocycles. The first-order chi connectivity index (χ1) is 8.83. The largest absolute Gasteiger partial charge is 0.459 e. The smallest absolute Gasteiger partial charge is 0.322 e. The second kappa shape index (κ2) is 4.61. The molecule has 7 heteroatoms.